The van der Waals surface area contributed by atoms with E-state index in [0.29, 0.717) is 0 Å². The molecule has 0 aromatic rings. The molecule has 0 spiro atoms. The second kappa shape index (κ2) is 3.12. The Labute approximate surface area is 61.4 Å². The van der Waals surface area contributed by atoms with E-state index in [-0.39, 0.29) is 21.1 Å². The Balaban J connectivity index is 2.61. The van der Waals surface area contributed by atoms with Crippen molar-refractivity contribution in [3.8, 4) is 0 Å². The molecular formula is C7H9AsO. The zero-order valence-corrected chi connectivity index (χ0v) is 7.14. The number of rotatable bonds is 2. The fourth-order valence-electron chi connectivity index (χ4n) is 0.859. The Bertz CT molecular complexity index is 170. The van der Waals surface area contributed by atoms with Crippen molar-refractivity contribution < 1.29 is 4.79 Å². The van der Waals surface area contributed by atoms with Crippen molar-refractivity contribution in [2.45, 2.75) is 18.1 Å². The van der Waals surface area contributed by atoms with E-state index < -0.39 is 0 Å². The van der Waals surface area contributed by atoms with Crippen LogP contribution in [0.3, 0.4) is 0 Å². The summed E-state index contributed by atoms with van der Waals surface area (Å²) in [6.07, 6.45) is 3.72. The van der Waals surface area contributed by atoms with Crippen molar-refractivity contribution in [2.24, 2.45) is 0 Å². The summed E-state index contributed by atoms with van der Waals surface area (Å²) >= 11 is 0.255. The topological polar surface area (TPSA) is 17.1 Å². The Kier molecular flexibility index (Phi) is 2.41. The molecule has 1 aliphatic rings. The maximum absolute atomic E-state index is 10.9. The average molecular weight is 184 g/mol. The summed E-state index contributed by atoms with van der Waals surface area (Å²) in [5, 5.41) is 1.28. The molecule has 0 N–H and O–H groups in total. The predicted molar refractivity (Wildman–Crippen MR) is 40.0 cm³/mol. The first kappa shape index (κ1) is 6.95. The summed E-state index contributed by atoms with van der Waals surface area (Å²) in [5.41, 5.74) is 0. The molecule has 0 aliphatic carbocycles. The number of carbonyl (C=O) groups is 1. The molecule has 0 saturated heterocycles. The summed E-state index contributed by atoms with van der Waals surface area (Å²) in [6, 6.07) is 0. The van der Waals surface area contributed by atoms with Gasteiger partial charge in [0.15, 0.2) is 0 Å². The van der Waals surface area contributed by atoms with Crippen LogP contribution in [0, 0.1) is 0 Å². The molecule has 1 heterocycles. The molecule has 2 heteroatoms. The van der Waals surface area contributed by atoms with Gasteiger partial charge in [0.1, 0.15) is 0 Å². The number of ketones is 1. The molecule has 9 heavy (non-hydrogen) atoms. The molecule has 1 rings (SSSR count). The number of hydrogen-bond donors (Lipinski definition) is 0. The van der Waals surface area contributed by atoms with Gasteiger partial charge in [-0.1, -0.05) is 0 Å². The third kappa shape index (κ3) is 1.62. The summed E-state index contributed by atoms with van der Waals surface area (Å²) < 4.78 is 1.17. The molecule has 0 fully saturated rings. The van der Waals surface area contributed by atoms with E-state index in [2.05, 4.69) is 6.58 Å². The SMILES string of the molecule is C=CC(=O)C1=[As]CCC1. The fraction of sp³-hybridized carbons (Fsp3) is 0.429. The van der Waals surface area contributed by atoms with Gasteiger partial charge in [-0.15, -0.1) is 0 Å². The van der Waals surface area contributed by atoms with Crippen LogP contribution in [0.1, 0.15) is 12.8 Å². The van der Waals surface area contributed by atoms with Crippen molar-refractivity contribution in [2.75, 3.05) is 0 Å². The van der Waals surface area contributed by atoms with Crippen LogP contribution in [0.4, 0.5) is 0 Å². The minimum atomic E-state index is 0.201. The van der Waals surface area contributed by atoms with Gasteiger partial charge in [-0.2, -0.15) is 0 Å². The normalized spacial score (nSPS) is 18.9. The van der Waals surface area contributed by atoms with Crippen LogP contribution in [0.5, 0.6) is 0 Å². The van der Waals surface area contributed by atoms with E-state index >= 15 is 0 Å². The number of hydrogen-bond acceptors (Lipinski definition) is 1. The first-order chi connectivity index (χ1) is 4.34. The minimum absolute atomic E-state index is 0.201. The molecule has 48 valence electrons. The Morgan fingerprint density at radius 2 is 2.56 bits per heavy atom. The second-order valence-electron chi connectivity index (χ2n) is 2.00. The van der Waals surface area contributed by atoms with Gasteiger partial charge < -0.3 is 0 Å². The van der Waals surface area contributed by atoms with Gasteiger partial charge >= 0.3 is 60.9 Å². The molecule has 1 nitrogen and oxygen atoms in total. The molecule has 0 saturated carbocycles. The van der Waals surface area contributed by atoms with E-state index in [1.54, 1.807) is 0 Å². The van der Waals surface area contributed by atoms with Crippen LogP contribution in [0.2, 0.25) is 5.21 Å². The summed E-state index contributed by atoms with van der Waals surface area (Å²) in [5.74, 6) is 0.201. The monoisotopic (exact) mass is 184 g/mol. The first-order valence-corrected chi connectivity index (χ1v) is 5.31. The van der Waals surface area contributed by atoms with E-state index in [9.17, 15) is 4.79 Å². The number of carbonyl (C=O) groups excluding carboxylic acids is 1. The van der Waals surface area contributed by atoms with Gasteiger partial charge in [-0.25, -0.2) is 0 Å². The molecular weight excluding hydrogens is 175 g/mol. The van der Waals surface area contributed by atoms with Gasteiger partial charge in [0.2, 0.25) is 0 Å². The van der Waals surface area contributed by atoms with Crippen LogP contribution < -0.4 is 0 Å². The molecule has 0 amide bonds. The first-order valence-electron chi connectivity index (χ1n) is 3.04. The molecule has 0 unspecified atom stereocenters. The standard InChI is InChI=1S/C7H9AsO/c1-2-7(9)6-4-3-5-8-6/h2H,1,3-5H2. The summed E-state index contributed by atoms with van der Waals surface area (Å²) in [7, 11) is 0. The van der Waals surface area contributed by atoms with Crippen molar-refractivity contribution >= 4 is 25.4 Å². The predicted octanol–water partition coefficient (Wildman–Crippen LogP) is 0.830. The Morgan fingerprint density at radius 1 is 1.78 bits per heavy atom. The van der Waals surface area contributed by atoms with Crippen LogP contribution in [0.25, 0.3) is 0 Å². The summed E-state index contributed by atoms with van der Waals surface area (Å²) in [6.45, 7) is 3.45. The van der Waals surface area contributed by atoms with E-state index in [0.717, 1.165) is 6.42 Å². The van der Waals surface area contributed by atoms with Crippen molar-refractivity contribution in [3.63, 3.8) is 0 Å². The molecule has 0 bridgehead atoms. The van der Waals surface area contributed by atoms with Crippen molar-refractivity contribution in [3.05, 3.63) is 12.7 Å². The van der Waals surface area contributed by atoms with Crippen LogP contribution in [-0.2, 0) is 4.79 Å². The quantitative estimate of drug-likeness (QED) is 0.459. The van der Waals surface area contributed by atoms with Crippen molar-refractivity contribution in [1.82, 2.24) is 0 Å². The van der Waals surface area contributed by atoms with Crippen LogP contribution in [-0.4, -0.2) is 25.4 Å². The van der Waals surface area contributed by atoms with E-state index in [4.69, 9.17) is 0 Å². The number of allylic oxidation sites excluding steroid dienone is 1. The van der Waals surface area contributed by atoms with E-state index in [1.807, 2.05) is 0 Å². The molecule has 1 aliphatic heterocycles. The Morgan fingerprint density at radius 3 is 3.00 bits per heavy atom. The zero-order chi connectivity index (χ0) is 6.69. The van der Waals surface area contributed by atoms with Gasteiger partial charge in [-0.3, -0.25) is 0 Å². The van der Waals surface area contributed by atoms with Gasteiger partial charge in [-0.05, 0) is 0 Å². The molecule has 0 aromatic heterocycles. The van der Waals surface area contributed by atoms with Gasteiger partial charge in [0, 0.05) is 0 Å². The Hall–Kier alpha value is -0.162. The molecule has 0 radical (unpaired) electrons. The van der Waals surface area contributed by atoms with Gasteiger partial charge in [0.05, 0.1) is 0 Å². The molecule has 0 aromatic carbocycles. The van der Waals surface area contributed by atoms with Crippen LogP contribution in [0.15, 0.2) is 12.7 Å². The third-order valence-corrected chi connectivity index (χ3v) is 4.21. The summed E-state index contributed by atoms with van der Waals surface area (Å²) in [4.78, 5) is 10.9. The maximum atomic E-state index is 10.9. The average Bonchev–Trinajstić information content (AvgIpc) is 2.37. The zero-order valence-electron chi connectivity index (χ0n) is 5.26. The van der Waals surface area contributed by atoms with Gasteiger partial charge in [0.25, 0.3) is 0 Å². The third-order valence-electron chi connectivity index (χ3n) is 1.34. The molecule has 0 atom stereocenters. The van der Waals surface area contributed by atoms with E-state index in [1.165, 1.54) is 22.0 Å². The van der Waals surface area contributed by atoms with Crippen LogP contribution >= 0.6 is 0 Å². The van der Waals surface area contributed by atoms with Crippen molar-refractivity contribution in [1.29, 1.82) is 0 Å². The fourth-order valence-corrected chi connectivity index (χ4v) is 3.27. The second-order valence-corrected chi connectivity index (χ2v) is 4.73.